The van der Waals surface area contributed by atoms with Crippen molar-refractivity contribution in [2.75, 3.05) is 11.0 Å². The summed E-state index contributed by atoms with van der Waals surface area (Å²) in [5, 5.41) is 10.0. The molecule has 0 aliphatic rings. The minimum absolute atomic E-state index is 0.273. The van der Waals surface area contributed by atoms with Gasteiger partial charge in [0.05, 0.1) is 6.26 Å². The van der Waals surface area contributed by atoms with Crippen LogP contribution in [0.25, 0.3) is 22.0 Å². The van der Waals surface area contributed by atoms with Crippen molar-refractivity contribution in [3.63, 3.8) is 0 Å². The number of carbonyl (C=O) groups is 1. The molecule has 2 heterocycles. The number of hydrogen-bond acceptors (Lipinski definition) is 5. The number of hydrogen-bond donors (Lipinski definition) is 2. The zero-order chi connectivity index (χ0) is 21.3. The zero-order valence-electron chi connectivity index (χ0n) is 15.9. The smallest absolute Gasteiger partial charge is 0.229 e. The second kappa shape index (κ2) is 7.46. The first-order valence-corrected chi connectivity index (χ1v) is 10.8. The van der Waals surface area contributed by atoms with E-state index in [2.05, 4.69) is 20.8 Å². The molecule has 0 bridgehead atoms. The van der Waals surface area contributed by atoms with Crippen LogP contribution in [-0.4, -0.2) is 30.4 Å². The first kappa shape index (κ1) is 19.4. The van der Waals surface area contributed by atoms with Gasteiger partial charge in [-0.2, -0.15) is 5.26 Å². The third-order valence-electron chi connectivity index (χ3n) is 4.52. The number of nitriles is 1. The van der Waals surface area contributed by atoms with Crippen LogP contribution in [0.2, 0.25) is 0 Å². The number of ketones is 1. The maximum Gasteiger partial charge on any atom is 0.229 e. The molecular formula is C22H16N4O3S. The maximum atomic E-state index is 13.0. The van der Waals surface area contributed by atoms with Crippen LogP contribution >= 0.6 is 0 Å². The lowest BCUT2D eigenvalue weighted by molar-refractivity contribution is 0.103. The highest BCUT2D eigenvalue weighted by molar-refractivity contribution is 7.92. The Morgan fingerprint density at radius 3 is 2.63 bits per heavy atom. The van der Waals surface area contributed by atoms with Gasteiger partial charge in [-0.05, 0) is 53.6 Å². The van der Waals surface area contributed by atoms with Crippen LogP contribution < -0.4 is 4.72 Å². The van der Waals surface area contributed by atoms with E-state index >= 15 is 0 Å². The minimum atomic E-state index is -3.55. The monoisotopic (exact) mass is 416 g/mol. The van der Waals surface area contributed by atoms with Crippen molar-refractivity contribution in [2.45, 2.75) is 0 Å². The van der Waals surface area contributed by atoms with Crippen molar-refractivity contribution < 1.29 is 13.2 Å². The topological polar surface area (TPSA) is 116 Å². The van der Waals surface area contributed by atoms with Crippen molar-refractivity contribution in [2.24, 2.45) is 0 Å². The molecule has 8 heteroatoms. The standard InChI is InChI=1S/C22H16N4O3S/c1-30(28,29)26-17-9-15(8-16(10-17)22(27)14-4-3-7-24-13-14)19-5-2-6-21-20(19)11-18(12-23)25-21/h2-11,13,25-26H,1H3. The normalized spacial score (nSPS) is 11.2. The largest absolute Gasteiger partial charge is 0.346 e. The van der Waals surface area contributed by atoms with Gasteiger partial charge in [-0.15, -0.1) is 0 Å². The van der Waals surface area contributed by atoms with Crippen molar-refractivity contribution in [1.82, 2.24) is 9.97 Å². The van der Waals surface area contributed by atoms with E-state index in [1.807, 2.05) is 18.2 Å². The first-order chi connectivity index (χ1) is 14.3. The molecule has 4 rings (SSSR count). The summed E-state index contributed by atoms with van der Waals surface area (Å²) in [6.45, 7) is 0. The number of carbonyl (C=O) groups excluding carboxylic acids is 1. The SMILES string of the molecule is CS(=O)(=O)Nc1cc(C(=O)c2cccnc2)cc(-c2cccc3[nH]c(C#N)cc23)c1. The van der Waals surface area contributed by atoms with Gasteiger partial charge >= 0.3 is 0 Å². The summed E-state index contributed by atoms with van der Waals surface area (Å²) in [5.74, 6) is -0.277. The lowest BCUT2D eigenvalue weighted by atomic mass is 9.96. The highest BCUT2D eigenvalue weighted by Gasteiger charge is 2.15. The number of nitrogens with one attached hydrogen (secondary N) is 2. The van der Waals surface area contributed by atoms with Gasteiger partial charge < -0.3 is 4.98 Å². The molecule has 30 heavy (non-hydrogen) atoms. The molecule has 2 aromatic carbocycles. The Bertz CT molecular complexity index is 1420. The van der Waals surface area contributed by atoms with Gasteiger partial charge in [0.1, 0.15) is 11.8 Å². The van der Waals surface area contributed by atoms with Gasteiger partial charge in [-0.1, -0.05) is 12.1 Å². The molecular weight excluding hydrogens is 400 g/mol. The fraction of sp³-hybridized carbons (Fsp3) is 0.0455. The molecule has 0 radical (unpaired) electrons. The number of anilines is 1. The van der Waals surface area contributed by atoms with Crippen LogP contribution in [0.1, 0.15) is 21.6 Å². The van der Waals surface area contributed by atoms with E-state index in [0.29, 0.717) is 22.4 Å². The fourth-order valence-corrected chi connectivity index (χ4v) is 3.86. The third-order valence-corrected chi connectivity index (χ3v) is 5.12. The summed E-state index contributed by atoms with van der Waals surface area (Å²) >= 11 is 0. The number of benzene rings is 2. The Morgan fingerprint density at radius 2 is 1.93 bits per heavy atom. The van der Waals surface area contributed by atoms with E-state index in [4.69, 9.17) is 0 Å². The van der Waals surface area contributed by atoms with E-state index in [-0.39, 0.29) is 11.5 Å². The highest BCUT2D eigenvalue weighted by Crippen LogP contribution is 2.32. The number of pyridine rings is 1. The minimum Gasteiger partial charge on any atom is -0.346 e. The summed E-state index contributed by atoms with van der Waals surface area (Å²) in [5.41, 5.74) is 3.58. The molecule has 0 aliphatic carbocycles. The van der Waals surface area contributed by atoms with Crippen LogP contribution in [0, 0.1) is 11.3 Å². The van der Waals surface area contributed by atoms with Gasteiger partial charge in [0, 0.05) is 40.1 Å². The van der Waals surface area contributed by atoms with Crippen molar-refractivity contribution >= 4 is 32.4 Å². The Balaban J connectivity index is 1.92. The van der Waals surface area contributed by atoms with E-state index in [1.165, 1.54) is 12.3 Å². The number of nitrogens with zero attached hydrogens (tertiary/aromatic N) is 2. The molecule has 2 N–H and O–H groups in total. The molecule has 7 nitrogen and oxygen atoms in total. The Labute approximate surface area is 173 Å². The molecule has 0 amide bonds. The van der Waals surface area contributed by atoms with E-state index in [9.17, 15) is 18.5 Å². The van der Waals surface area contributed by atoms with Crippen LogP contribution in [-0.2, 0) is 10.0 Å². The molecule has 2 aromatic heterocycles. The maximum absolute atomic E-state index is 13.0. The summed E-state index contributed by atoms with van der Waals surface area (Å²) in [6.07, 6.45) is 4.09. The quantitative estimate of drug-likeness (QED) is 0.481. The van der Waals surface area contributed by atoms with Gasteiger partial charge in [0.15, 0.2) is 5.78 Å². The zero-order valence-corrected chi connectivity index (χ0v) is 16.7. The van der Waals surface area contributed by atoms with Gasteiger partial charge in [-0.25, -0.2) is 8.42 Å². The average Bonchev–Trinajstić information content (AvgIpc) is 3.16. The van der Waals surface area contributed by atoms with Gasteiger partial charge in [-0.3, -0.25) is 14.5 Å². The summed E-state index contributed by atoms with van der Waals surface area (Å²) in [7, 11) is -3.55. The van der Waals surface area contributed by atoms with Gasteiger partial charge in [0.25, 0.3) is 0 Å². The lowest BCUT2D eigenvalue weighted by Gasteiger charge is -2.11. The number of aromatic amines is 1. The van der Waals surface area contributed by atoms with E-state index < -0.39 is 10.0 Å². The summed E-state index contributed by atoms with van der Waals surface area (Å²) in [6, 6.07) is 17.5. The average molecular weight is 416 g/mol. The molecule has 0 fully saturated rings. The number of rotatable bonds is 5. The predicted molar refractivity (Wildman–Crippen MR) is 115 cm³/mol. The predicted octanol–water partition coefficient (Wildman–Crippen LogP) is 3.70. The molecule has 0 saturated heterocycles. The van der Waals surface area contributed by atoms with Crippen LogP contribution in [0.15, 0.2) is 67.0 Å². The van der Waals surface area contributed by atoms with Crippen molar-refractivity contribution in [3.05, 3.63) is 83.8 Å². The number of H-pyrrole nitrogens is 1. The Morgan fingerprint density at radius 1 is 1.10 bits per heavy atom. The van der Waals surface area contributed by atoms with E-state index in [1.54, 1.807) is 36.5 Å². The first-order valence-electron chi connectivity index (χ1n) is 8.94. The van der Waals surface area contributed by atoms with Crippen molar-refractivity contribution in [1.29, 1.82) is 5.26 Å². The van der Waals surface area contributed by atoms with E-state index in [0.717, 1.165) is 22.7 Å². The summed E-state index contributed by atoms with van der Waals surface area (Å²) < 4.78 is 26.1. The third kappa shape index (κ3) is 3.92. The molecule has 0 atom stereocenters. The second-order valence-electron chi connectivity index (χ2n) is 6.81. The van der Waals surface area contributed by atoms with Crippen LogP contribution in [0.4, 0.5) is 5.69 Å². The number of aromatic nitrogens is 2. The molecule has 0 unspecified atom stereocenters. The Hall–Kier alpha value is -3.96. The molecule has 0 spiro atoms. The molecule has 0 aliphatic heterocycles. The van der Waals surface area contributed by atoms with Crippen LogP contribution in [0.5, 0.6) is 0 Å². The summed E-state index contributed by atoms with van der Waals surface area (Å²) in [4.78, 5) is 20.0. The van der Waals surface area contributed by atoms with Crippen LogP contribution in [0.3, 0.4) is 0 Å². The molecule has 4 aromatic rings. The van der Waals surface area contributed by atoms with Gasteiger partial charge in [0.2, 0.25) is 10.0 Å². The highest BCUT2D eigenvalue weighted by atomic mass is 32.2. The molecule has 148 valence electrons. The second-order valence-corrected chi connectivity index (χ2v) is 8.55. The number of fused-ring (bicyclic) bond motifs is 1. The fourth-order valence-electron chi connectivity index (χ4n) is 3.32. The lowest BCUT2D eigenvalue weighted by Crippen LogP contribution is -2.11. The number of sulfonamides is 1. The Kier molecular flexibility index (Phi) is 4.82. The molecule has 0 saturated carbocycles. The van der Waals surface area contributed by atoms with Crippen molar-refractivity contribution in [3.8, 4) is 17.2 Å².